The summed E-state index contributed by atoms with van der Waals surface area (Å²) in [6, 6.07) is 5.21. The molecule has 0 saturated heterocycles. The Morgan fingerprint density at radius 1 is 1.46 bits per heavy atom. The van der Waals surface area contributed by atoms with Gasteiger partial charge >= 0.3 is 0 Å². The van der Waals surface area contributed by atoms with E-state index < -0.39 is 5.60 Å². The van der Waals surface area contributed by atoms with Gasteiger partial charge in [0.05, 0.1) is 11.6 Å². The SMILES string of the molecule is CCO[C@@](C)(C(=O)Nc1ccc(O[C@H](C)COC)c(Cl)c1)C1CC1. The second-order valence-corrected chi connectivity index (χ2v) is 6.70. The number of carbonyl (C=O) groups is 1. The average Bonchev–Trinajstić information content (AvgIpc) is 3.35. The summed E-state index contributed by atoms with van der Waals surface area (Å²) in [6.45, 7) is 6.64. The molecule has 0 heterocycles. The van der Waals surface area contributed by atoms with Gasteiger partial charge in [0.1, 0.15) is 17.5 Å². The summed E-state index contributed by atoms with van der Waals surface area (Å²) < 4.78 is 16.5. The number of hydrogen-bond donors (Lipinski definition) is 1. The number of halogens is 1. The van der Waals surface area contributed by atoms with Gasteiger partial charge in [0.25, 0.3) is 5.91 Å². The number of anilines is 1. The third kappa shape index (κ3) is 4.62. The molecule has 1 aliphatic rings. The molecule has 5 nitrogen and oxygen atoms in total. The van der Waals surface area contributed by atoms with Gasteiger partial charge < -0.3 is 19.5 Å². The van der Waals surface area contributed by atoms with Gasteiger partial charge in [-0.15, -0.1) is 0 Å². The predicted molar refractivity (Wildman–Crippen MR) is 94.8 cm³/mol. The number of amides is 1. The summed E-state index contributed by atoms with van der Waals surface area (Å²) in [7, 11) is 1.62. The largest absolute Gasteiger partial charge is 0.487 e. The lowest BCUT2D eigenvalue weighted by molar-refractivity contribution is -0.141. The molecule has 2 rings (SSSR count). The van der Waals surface area contributed by atoms with E-state index in [1.54, 1.807) is 25.3 Å². The van der Waals surface area contributed by atoms with E-state index in [0.29, 0.717) is 29.7 Å². The van der Waals surface area contributed by atoms with Gasteiger partial charge in [-0.25, -0.2) is 0 Å². The van der Waals surface area contributed by atoms with E-state index in [0.717, 1.165) is 12.8 Å². The van der Waals surface area contributed by atoms with E-state index in [1.165, 1.54) is 0 Å². The first-order valence-electron chi connectivity index (χ1n) is 8.31. The maximum Gasteiger partial charge on any atom is 0.256 e. The Kier molecular flexibility index (Phi) is 6.49. The Morgan fingerprint density at radius 3 is 2.71 bits per heavy atom. The molecule has 0 radical (unpaired) electrons. The van der Waals surface area contributed by atoms with Gasteiger partial charge in [0, 0.05) is 19.4 Å². The van der Waals surface area contributed by atoms with Crippen LogP contribution in [0.15, 0.2) is 18.2 Å². The molecule has 2 atom stereocenters. The quantitative estimate of drug-likeness (QED) is 0.730. The van der Waals surface area contributed by atoms with Gasteiger partial charge in [-0.2, -0.15) is 0 Å². The van der Waals surface area contributed by atoms with Crippen molar-refractivity contribution in [2.75, 3.05) is 25.6 Å². The summed E-state index contributed by atoms with van der Waals surface area (Å²) in [5.41, 5.74) is -0.160. The van der Waals surface area contributed by atoms with Crippen LogP contribution in [0.1, 0.15) is 33.6 Å². The molecule has 1 aromatic rings. The highest BCUT2D eigenvalue weighted by atomic mass is 35.5. The van der Waals surface area contributed by atoms with E-state index in [4.69, 9.17) is 25.8 Å². The minimum Gasteiger partial charge on any atom is -0.487 e. The molecule has 1 N–H and O–H groups in total. The molecular formula is C18H26ClNO4. The van der Waals surface area contributed by atoms with Gasteiger partial charge in [-0.3, -0.25) is 4.79 Å². The summed E-state index contributed by atoms with van der Waals surface area (Å²) >= 11 is 6.26. The molecule has 1 amide bonds. The third-order valence-electron chi connectivity index (χ3n) is 4.17. The second-order valence-electron chi connectivity index (χ2n) is 6.30. The molecule has 0 bridgehead atoms. The number of hydrogen-bond acceptors (Lipinski definition) is 4. The van der Waals surface area contributed by atoms with Crippen LogP contribution in [0, 0.1) is 5.92 Å². The van der Waals surface area contributed by atoms with Crippen LogP contribution in [0.3, 0.4) is 0 Å². The molecule has 24 heavy (non-hydrogen) atoms. The molecule has 1 fully saturated rings. The fourth-order valence-corrected chi connectivity index (χ4v) is 2.94. The van der Waals surface area contributed by atoms with Gasteiger partial charge in [-0.05, 0) is 57.7 Å². The van der Waals surface area contributed by atoms with E-state index in [1.807, 2.05) is 20.8 Å². The molecule has 0 aromatic heterocycles. The zero-order chi connectivity index (χ0) is 17.7. The molecule has 1 saturated carbocycles. The number of methoxy groups -OCH3 is 1. The number of nitrogens with one attached hydrogen (secondary N) is 1. The Balaban J connectivity index is 2.04. The van der Waals surface area contributed by atoms with Crippen LogP contribution >= 0.6 is 11.6 Å². The van der Waals surface area contributed by atoms with Gasteiger partial charge in [0.15, 0.2) is 0 Å². The first kappa shape index (κ1) is 19.0. The van der Waals surface area contributed by atoms with E-state index >= 15 is 0 Å². The minimum absolute atomic E-state index is 0.107. The van der Waals surface area contributed by atoms with Crippen LogP contribution < -0.4 is 10.1 Å². The number of benzene rings is 1. The molecular weight excluding hydrogens is 330 g/mol. The van der Waals surface area contributed by atoms with Crippen LogP contribution in [-0.2, 0) is 14.3 Å². The van der Waals surface area contributed by atoms with Crippen molar-refractivity contribution in [3.63, 3.8) is 0 Å². The zero-order valence-corrected chi connectivity index (χ0v) is 15.5. The fraction of sp³-hybridized carbons (Fsp3) is 0.611. The standard InChI is InChI=1S/C18H26ClNO4/c1-5-23-18(3,13-6-7-13)17(21)20-14-8-9-16(15(19)10-14)24-12(2)11-22-4/h8-10,12-13H,5-7,11H2,1-4H3,(H,20,21)/t12-,18-/m1/s1. The lowest BCUT2D eigenvalue weighted by Gasteiger charge is -2.28. The average molecular weight is 356 g/mol. The maximum absolute atomic E-state index is 12.6. The lowest BCUT2D eigenvalue weighted by Crippen LogP contribution is -2.44. The fourth-order valence-electron chi connectivity index (χ4n) is 2.72. The molecule has 0 spiro atoms. The van der Waals surface area contributed by atoms with E-state index in [-0.39, 0.29) is 17.9 Å². The Morgan fingerprint density at radius 2 is 2.17 bits per heavy atom. The molecule has 0 aliphatic heterocycles. The van der Waals surface area contributed by atoms with Crippen LogP contribution in [-0.4, -0.2) is 37.9 Å². The van der Waals surface area contributed by atoms with Crippen molar-refractivity contribution in [3.05, 3.63) is 23.2 Å². The van der Waals surface area contributed by atoms with Crippen molar-refractivity contribution in [1.29, 1.82) is 0 Å². The van der Waals surface area contributed by atoms with E-state index in [9.17, 15) is 4.79 Å². The number of ether oxygens (including phenoxy) is 3. The third-order valence-corrected chi connectivity index (χ3v) is 4.47. The van der Waals surface area contributed by atoms with Crippen molar-refractivity contribution in [2.24, 2.45) is 5.92 Å². The maximum atomic E-state index is 12.6. The highest BCUT2D eigenvalue weighted by Gasteiger charge is 2.48. The lowest BCUT2D eigenvalue weighted by atomic mass is 9.99. The van der Waals surface area contributed by atoms with Crippen LogP contribution in [0.4, 0.5) is 5.69 Å². The summed E-state index contributed by atoms with van der Waals surface area (Å²) in [5, 5.41) is 3.35. The molecule has 0 unspecified atom stereocenters. The predicted octanol–water partition coefficient (Wildman–Crippen LogP) is 3.90. The zero-order valence-electron chi connectivity index (χ0n) is 14.7. The van der Waals surface area contributed by atoms with Crippen LogP contribution in [0.25, 0.3) is 0 Å². The monoisotopic (exact) mass is 355 g/mol. The number of carbonyl (C=O) groups excluding carboxylic acids is 1. The molecule has 134 valence electrons. The molecule has 1 aromatic carbocycles. The minimum atomic E-state index is -0.788. The number of rotatable bonds is 9. The molecule has 1 aliphatic carbocycles. The topological polar surface area (TPSA) is 56.8 Å². The Bertz CT molecular complexity index is 576. The smallest absolute Gasteiger partial charge is 0.256 e. The first-order chi connectivity index (χ1) is 11.4. The Hall–Kier alpha value is -1.30. The van der Waals surface area contributed by atoms with Crippen molar-refractivity contribution < 1.29 is 19.0 Å². The van der Waals surface area contributed by atoms with Crippen molar-refractivity contribution >= 4 is 23.2 Å². The summed E-state index contributed by atoms with van der Waals surface area (Å²) in [5.74, 6) is 0.712. The van der Waals surface area contributed by atoms with Crippen LogP contribution in [0.2, 0.25) is 5.02 Å². The van der Waals surface area contributed by atoms with E-state index in [2.05, 4.69) is 5.32 Å². The second kappa shape index (κ2) is 8.19. The normalized spacial score (nSPS) is 17.9. The summed E-state index contributed by atoms with van der Waals surface area (Å²) in [4.78, 5) is 12.6. The van der Waals surface area contributed by atoms with Gasteiger partial charge in [-0.1, -0.05) is 11.6 Å². The highest BCUT2D eigenvalue weighted by Crippen LogP contribution is 2.42. The Labute approximate surface area is 148 Å². The van der Waals surface area contributed by atoms with Crippen molar-refractivity contribution in [2.45, 2.75) is 45.3 Å². The van der Waals surface area contributed by atoms with Gasteiger partial charge in [0.2, 0.25) is 0 Å². The van der Waals surface area contributed by atoms with Crippen LogP contribution in [0.5, 0.6) is 5.75 Å². The first-order valence-corrected chi connectivity index (χ1v) is 8.69. The van der Waals surface area contributed by atoms with Crippen molar-refractivity contribution in [1.82, 2.24) is 0 Å². The highest BCUT2D eigenvalue weighted by molar-refractivity contribution is 6.32. The molecule has 6 heteroatoms. The van der Waals surface area contributed by atoms with Crippen molar-refractivity contribution in [3.8, 4) is 5.75 Å². The summed E-state index contributed by atoms with van der Waals surface area (Å²) in [6.07, 6.45) is 1.94.